The van der Waals surface area contributed by atoms with Gasteiger partial charge in [0.25, 0.3) is 10.0 Å². The van der Waals surface area contributed by atoms with Gasteiger partial charge in [0.15, 0.2) is 0 Å². The van der Waals surface area contributed by atoms with Crippen molar-refractivity contribution in [2.24, 2.45) is 0 Å². The van der Waals surface area contributed by atoms with Crippen molar-refractivity contribution in [1.29, 1.82) is 0 Å². The number of rotatable bonds is 11. The van der Waals surface area contributed by atoms with Crippen molar-refractivity contribution < 1.29 is 18.0 Å². The zero-order valence-electron chi connectivity index (χ0n) is 21.2. The predicted molar refractivity (Wildman–Crippen MR) is 147 cm³/mol. The number of benzene rings is 3. The first-order valence-corrected chi connectivity index (χ1v) is 13.9. The molecule has 0 aliphatic heterocycles. The molecule has 7 nitrogen and oxygen atoms in total. The van der Waals surface area contributed by atoms with Gasteiger partial charge in [0, 0.05) is 17.6 Å². The Morgan fingerprint density at radius 1 is 0.892 bits per heavy atom. The Labute approximate surface area is 224 Å². The molecule has 0 spiro atoms. The minimum atomic E-state index is -4.12. The number of para-hydroxylation sites is 1. The summed E-state index contributed by atoms with van der Waals surface area (Å²) < 4.78 is 28.5. The average Bonchev–Trinajstić information content (AvgIpc) is 2.88. The number of amides is 2. The quantitative estimate of drug-likeness (QED) is 0.375. The minimum absolute atomic E-state index is 0.00718. The second kappa shape index (κ2) is 12.7. The zero-order valence-corrected chi connectivity index (χ0v) is 22.7. The smallest absolute Gasteiger partial charge is 0.264 e. The van der Waals surface area contributed by atoms with E-state index in [0.29, 0.717) is 17.1 Å². The van der Waals surface area contributed by atoms with Gasteiger partial charge in [0.05, 0.1) is 10.6 Å². The molecule has 3 rings (SSSR count). The highest BCUT2D eigenvalue weighted by Crippen LogP contribution is 2.25. The van der Waals surface area contributed by atoms with Gasteiger partial charge < -0.3 is 10.2 Å². The maximum atomic E-state index is 13.9. The Hall–Kier alpha value is -3.36. The topological polar surface area (TPSA) is 86.8 Å². The molecule has 37 heavy (non-hydrogen) atoms. The van der Waals surface area contributed by atoms with Crippen LogP contribution in [0.3, 0.4) is 0 Å². The molecular weight excluding hydrogens is 510 g/mol. The second-order valence-corrected chi connectivity index (χ2v) is 11.2. The van der Waals surface area contributed by atoms with E-state index in [0.717, 1.165) is 9.87 Å². The molecule has 0 bridgehead atoms. The fourth-order valence-corrected chi connectivity index (χ4v) is 5.48. The molecule has 0 heterocycles. The first kappa shape index (κ1) is 28.2. The van der Waals surface area contributed by atoms with E-state index < -0.39 is 28.5 Å². The van der Waals surface area contributed by atoms with Gasteiger partial charge in [-0.25, -0.2) is 8.42 Å². The van der Waals surface area contributed by atoms with E-state index in [4.69, 9.17) is 11.6 Å². The number of hydrogen-bond acceptors (Lipinski definition) is 4. The normalized spacial score (nSPS) is 12.1. The number of carbonyl (C=O) groups is 2. The molecular formula is C28H32ClN3O4S. The van der Waals surface area contributed by atoms with Crippen LogP contribution < -0.4 is 9.62 Å². The number of halogens is 1. The van der Waals surface area contributed by atoms with Crippen LogP contribution in [0, 0.1) is 0 Å². The molecule has 196 valence electrons. The third kappa shape index (κ3) is 7.33. The van der Waals surface area contributed by atoms with E-state index in [1.807, 2.05) is 51.1 Å². The molecule has 0 saturated heterocycles. The van der Waals surface area contributed by atoms with Crippen molar-refractivity contribution in [3.63, 3.8) is 0 Å². The first-order chi connectivity index (χ1) is 17.6. The Balaban J connectivity index is 2.02. The van der Waals surface area contributed by atoms with Crippen LogP contribution in [0.25, 0.3) is 0 Å². The lowest BCUT2D eigenvalue weighted by molar-refractivity contribution is -0.140. The number of anilines is 1. The summed E-state index contributed by atoms with van der Waals surface area (Å²) >= 11 is 5.97. The molecule has 0 aliphatic carbocycles. The SMILES string of the molecule is CCC(C(=O)NC(C)C)N(Cc1ccccc1)C(=O)CN(c1ccccc1)S(=O)(=O)c1ccc(Cl)cc1. The van der Waals surface area contributed by atoms with E-state index >= 15 is 0 Å². The summed E-state index contributed by atoms with van der Waals surface area (Å²) in [6.45, 7) is 5.21. The molecule has 1 atom stereocenters. The van der Waals surface area contributed by atoms with Gasteiger partial charge >= 0.3 is 0 Å². The van der Waals surface area contributed by atoms with Crippen LogP contribution in [0.1, 0.15) is 32.8 Å². The monoisotopic (exact) mass is 541 g/mol. The summed E-state index contributed by atoms with van der Waals surface area (Å²) in [5.41, 5.74) is 1.17. The van der Waals surface area contributed by atoms with E-state index in [9.17, 15) is 18.0 Å². The van der Waals surface area contributed by atoms with E-state index in [1.54, 1.807) is 30.3 Å². The molecule has 0 aromatic heterocycles. The molecule has 1 N–H and O–H groups in total. The number of nitrogens with one attached hydrogen (secondary N) is 1. The molecule has 0 radical (unpaired) electrons. The number of hydrogen-bond donors (Lipinski definition) is 1. The summed E-state index contributed by atoms with van der Waals surface area (Å²) in [5.74, 6) is -0.774. The van der Waals surface area contributed by atoms with E-state index in [1.165, 1.54) is 29.2 Å². The summed E-state index contributed by atoms with van der Waals surface area (Å²) in [6, 6.07) is 22.7. The molecule has 9 heteroatoms. The van der Waals surface area contributed by atoms with Crippen LogP contribution in [0.2, 0.25) is 5.02 Å². The largest absolute Gasteiger partial charge is 0.352 e. The molecule has 0 fully saturated rings. The maximum Gasteiger partial charge on any atom is 0.264 e. The van der Waals surface area contributed by atoms with Crippen molar-refractivity contribution in [2.45, 2.75) is 50.7 Å². The van der Waals surface area contributed by atoms with Gasteiger partial charge in [-0.3, -0.25) is 13.9 Å². The minimum Gasteiger partial charge on any atom is -0.352 e. The van der Waals surface area contributed by atoms with Gasteiger partial charge in [-0.2, -0.15) is 0 Å². The Bertz CT molecular complexity index is 1280. The summed E-state index contributed by atoms with van der Waals surface area (Å²) in [6.07, 6.45) is 0.367. The number of nitrogens with zero attached hydrogens (tertiary/aromatic N) is 2. The predicted octanol–water partition coefficient (Wildman–Crippen LogP) is 4.87. The Morgan fingerprint density at radius 3 is 2.00 bits per heavy atom. The van der Waals surface area contributed by atoms with Crippen molar-refractivity contribution >= 4 is 39.1 Å². The zero-order chi connectivity index (χ0) is 27.0. The van der Waals surface area contributed by atoms with Crippen LogP contribution >= 0.6 is 11.6 Å². The highest BCUT2D eigenvalue weighted by molar-refractivity contribution is 7.92. The fraction of sp³-hybridized carbons (Fsp3) is 0.286. The van der Waals surface area contributed by atoms with Crippen LogP contribution in [0.4, 0.5) is 5.69 Å². The summed E-state index contributed by atoms with van der Waals surface area (Å²) in [4.78, 5) is 28.4. The van der Waals surface area contributed by atoms with Crippen LogP contribution in [0.5, 0.6) is 0 Å². The third-order valence-corrected chi connectivity index (χ3v) is 7.78. The van der Waals surface area contributed by atoms with Crippen molar-refractivity contribution in [3.05, 3.63) is 95.5 Å². The Kier molecular flexibility index (Phi) is 9.72. The molecule has 2 amide bonds. The first-order valence-electron chi connectivity index (χ1n) is 12.1. The molecule has 3 aromatic rings. The fourth-order valence-electron chi connectivity index (χ4n) is 3.94. The van der Waals surface area contributed by atoms with Crippen LogP contribution in [0.15, 0.2) is 89.8 Å². The van der Waals surface area contributed by atoms with Crippen molar-refractivity contribution in [1.82, 2.24) is 10.2 Å². The van der Waals surface area contributed by atoms with Crippen LogP contribution in [-0.2, 0) is 26.2 Å². The molecule has 1 unspecified atom stereocenters. The maximum absolute atomic E-state index is 13.9. The summed E-state index contributed by atoms with van der Waals surface area (Å²) in [7, 11) is -4.12. The summed E-state index contributed by atoms with van der Waals surface area (Å²) in [5, 5.41) is 3.28. The van der Waals surface area contributed by atoms with Gasteiger partial charge in [0.1, 0.15) is 12.6 Å². The number of carbonyl (C=O) groups excluding carboxylic acids is 2. The van der Waals surface area contributed by atoms with Gasteiger partial charge in [0.2, 0.25) is 11.8 Å². The highest BCUT2D eigenvalue weighted by Gasteiger charge is 2.33. The van der Waals surface area contributed by atoms with Crippen molar-refractivity contribution in [3.8, 4) is 0 Å². The average molecular weight is 542 g/mol. The van der Waals surface area contributed by atoms with Crippen molar-refractivity contribution in [2.75, 3.05) is 10.8 Å². The highest BCUT2D eigenvalue weighted by atomic mass is 35.5. The van der Waals surface area contributed by atoms with Gasteiger partial charge in [-0.1, -0.05) is 67.1 Å². The third-order valence-electron chi connectivity index (χ3n) is 5.74. The number of sulfonamides is 1. The standard InChI is InChI=1S/C28H32ClN3O4S/c1-4-26(28(34)30-21(2)3)31(19-22-11-7-5-8-12-22)27(33)20-32(24-13-9-6-10-14-24)37(35,36)25-17-15-23(29)16-18-25/h5-18,21,26H,4,19-20H2,1-3H3,(H,30,34). The van der Waals surface area contributed by atoms with Gasteiger partial charge in [-0.15, -0.1) is 0 Å². The lowest BCUT2D eigenvalue weighted by Crippen LogP contribution is -2.53. The lowest BCUT2D eigenvalue weighted by atomic mass is 10.1. The van der Waals surface area contributed by atoms with E-state index in [2.05, 4.69) is 5.32 Å². The van der Waals surface area contributed by atoms with E-state index in [-0.39, 0.29) is 23.4 Å². The Morgan fingerprint density at radius 2 is 1.46 bits per heavy atom. The second-order valence-electron chi connectivity index (χ2n) is 8.90. The van der Waals surface area contributed by atoms with Gasteiger partial charge in [-0.05, 0) is 62.2 Å². The molecule has 0 aliphatic rings. The molecule has 3 aromatic carbocycles. The van der Waals surface area contributed by atoms with Crippen LogP contribution in [-0.4, -0.2) is 43.8 Å². The lowest BCUT2D eigenvalue weighted by Gasteiger charge is -2.33. The molecule has 0 saturated carbocycles.